The van der Waals surface area contributed by atoms with E-state index < -0.39 is 17.2 Å². The van der Waals surface area contributed by atoms with E-state index in [1.807, 2.05) is 53.4 Å². The number of aliphatic hydroxyl groups is 1. The fourth-order valence-corrected chi connectivity index (χ4v) is 4.66. The maximum Gasteiger partial charge on any atom is 0.254 e. The van der Waals surface area contributed by atoms with Gasteiger partial charge < -0.3 is 10.0 Å². The van der Waals surface area contributed by atoms with E-state index in [2.05, 4.69) is 39.8 Å². The molecule has 3 rings (SSSR count). The Balaban J connectivity index is 1.97. The van der Waals surface area contributed by atoms with Crippen LogP contribution < -0.4 is 0 Å². The number of benzene rings is 2. The molecule has 2 aromatic rings. The van der Waals surface area contributed by atoms with Crippen molar-refractivity contribution in [2.75, 3.05) is 0 Å². The van der Waals surface area contributed by atoms with Crippen molar-refractivity contribution in [1.29, 1.82) is 0 Å². The predicted octanol–water partition coefficient (Wildman–Crippen LogP) is 4.31. The van der Waals surface area contributed by atoms with Crippen LogP contribution in [0.3, 0.4) is 0 Å². The van der Waals surface area contributed by atoms with E-state index in [-0.39, 0.29) is 11.8 Å². The Bertz CT molecular complexity index is 752. The SMILES string of the molecule is CC1(C)CC(O)C(Cc2ccccc2)C(C)(C)N1C(=O)c1ccccc1. The number of amides is 1. The zero-order valence-electron chi connectivity index (χ0n) is 16.1. The van der Waals surface area contributed by atoms with Crippen molar-refractivity contribution < 1.29 is 9.90 Å². The van der Waals surface area contributed by atoms with Crippen LogP contribution in [0.25, 0.3) is 0 Å². The Morgan fingerprint density at radius 2 is 1.54 bits per heavy atom. The second kappa shape index (κ2) is 6.88. The first-order valence-corrected chi connectivity index (χ1v) is 9.35. The highest BCUT2D eigenvalue weighted by atomic mass is 16.3. The lowest BCUT2D eigenvalue weighted by Gasteiger charge is -2.58. The van der Waals surface area contributed by atoms with Crippen LogP contribution in [-0.2, 0) is 6.42 Å². The summed E-state index contributed by atoms with van der Waals surface area (Å²) >= 11 is 0. The fraction of sp³-hybridized carbons (Fsp3) is 0.435. The van der Waals surface area contributed by atoms with E-state index in [0.29, 0.717) is 12.0 Å². The summed E-state index contributed by atoms with van der Waals surface area (Å²) in [5, 5.41) is 10.9. The summed E-state index contributed by atoms with van der Waals surface area (Å²) in [5.74, 6) is 0.0103. The van der Waals surface area contributed by atoms with Gasteiger partial charge in [-0.2, -0.15) is 0 Å². The molecule has 0 spiro atoms. The van der Waals surface area contributed by atoms with Crippen molar-refractivity contribution in [2.24, 2.45) is 5.92 Å². The zero-order chi connectivity index (χ0) is 18.9. The van der Waals surface area contributed by atoms with Gasteiger partial charge in [-0.05, 0) is 58.2 Å². The molecule has 1 aliphatic heterocycles. The van der Waals surface area contributed by atoms with Gasteiger partial charge >= 0.3 is 0 Å². The highest BCUT2D eigenvalue weighted by Gasteiger charge is 2.53. The molecule has 2 atom stereocenters. The Labute approximate surface area is 156 Å². The first-order valence-electron chi connectivity index (χ1n) is 9.35. The van der Waals surface area contributed by atoms with Gasteiger partial charge in [-0.25, -0.2) is 0 Å². The molecule has 1 amide bonds. The molecule has 0 saturated carbocycles. The lowest BCUT2D eigenvalue weighted by atomic mass is 9.68. The molecule has 138 valence electrons. The summed E-state index contributed by atoms with van der Waals surface area (Å²) in [6, 6.07) is 19.7. The van der Waals surface area contributed by atoms with Crippen molar-refractivity contribution in [3.05, 3.63) is 71.8 Å². The number of piperidine rings is 1. The molecule has 1 saturated heterocycles. The van der Waals surface area contributed by atoms with Gasteiger partial charge in [0, 0.05) is 22.6 Å². The zero-order valence-corrected chi connectivity index (χ0v) is 16.1. The number of likely N-dealkylation sites (tertiary alicyclic amines) is 1. The fourth-order valence-electron chi connectivity index (χ4n) is 4.66. The number of aliphatic hydroxyl groups excluding tert-OH is 1. The Hall–Kier alpha value is -2.13. The number of hydrogen-bond donors (Lipinski definition) is 1. The Morgan fingerprint density at radius 1 is 1.00 bits per heavy atom. The number of carbonyl (C=O) groups excluding carboxylic acids is 1. The molecule has 3 nitrogen and oxygen atoms in total. The van der Waals surface area contributed by atoms with Gasteiger partial charge in [0.25, 0.3) is 5.91 Å². The summed E-state index contributed by atoms with van der Waals surface area (Å²) in [5.41, 5.74) is 1.01. The minimum Gasteiger partial charge on any atom is -0.393 e. The van der Waals surface area contributed by atoms with Crippen molar-refractivity contribution in [3.8, 4) is 0 Å². The molecule has 1 fully saturated rings. The van der Waals surface area contributed by atoms with Gasteiger partial charge in [-0.15, -0.1) is 0 Å². The summed E-state index contributed by atoms with van der Waals surface area (Å²) in [4.78, 5) is 15.4. The van der Waals surface area contributed by atoms with Crippen LogP contribution in [0, 0.1) is 5.92 Å². The summed E-state index contributed by atoms with van der Waals surface area (Å²) < 4.78 is 0. The van der Waals surface area contributed by atoms with Gasteiger partial charge in [-0.1, -0.05) is 48.5 Å². The first kappa shape index (κ1) is 18.7. The third-order valence-corrected chi connectivity index (χ3v) is 5.78. The second-order valence-electron chi connectivity index (χ2n) is 8.54. The molecule has 0 radical (unpaired) electrons. The average Bonchev–Trinajstić information content (AvgIpc) is 2.59. The standard InChI is InChI=1S/C23H29NO2/c1-22(2)16-20(25)19(15-17-11-7-5-8-12-17)23(3,4)24(22)21(26)18-13-9-6-10-14-18/h5-14,19-20,25H,15-16H2,1-4H3. The molecule has 1 aliphatic rings. The topological polar surface area (TPSA) is 40.5 Å². The summed E-state index contributed by atoms with van der Waals surface area (Å²) in [7, 11) is 0. The third kappa shape index (κ3) is 3.41. The smallest absolute Gasteiger partial charge is 0.254 e. The maximum atomic E-state index is 13.4. The van der Waals surface area contributed by atoms with Crippen LogP contribution >= 0.6 is 0 Å². The van der Waals surface area contributed by atoms with E-state index in [9.17, 15) is 9.90 Å². The second-order valence-corrected chi connectivity index (χ2v) is 8.54. The molecule has 1 heterocycles. The van der Waals surface area contributed by atoms with Crippen molar-refractivity contribution in [3.63, 3.8) is 0 Å². The third-order valence-electron chi connectivity index (χ3n) is 5.78. The van der Waals surface area contributed by atoms with Gasteiger partial charge in [-0.3, -0.25) is 4.79 Å². The van der Waals surface area contributed by atoms with E-state index in [1.165, 1.54) is 5.56 Å². The molecule has 0 aliphatic carbocycles. The maximum absolute atomic E-state index is 13.4. The Morgan fingerprint density at radius 3 is 2.12 bits per heavy atom. The molecule has 1 N–H and O–H groups in total. The Kier molecular flexibility index (Phi) is 4.94. The lowest BCUT2D eigenvalue weighted by Crippen LogP contribution is -2.68. The summed E-state index contributed by atoms with van der Waals surface area (Å²) in [6.45, 7) is 8.28. The molecule has 0 bridgehead atoms. The molecule has 2 unspecified atom stereocenters. The van der Waals surface area contributed by atoms with E-state index in [1.54, 1.807) is 0 Å². The van der Waals surface area contributed by atoms with Crippen LogP contribution in [0.4, 0.5) is 0 Å². The normalized spacial score (nSPS) is 24.3. The van der Waals surface area contributed by atoms with Crippen LogP contribution in [0.5, 0.6) is 0 Å². The number of rotatable bonds is 3. The van der Waals surface area contributed by atoms with Crippen molar-refractivity contribution in [1.82, 2.24) is 4.90 Å². The number of nitrogens with zero attached hydrogens (tertiary/aromatic N) is 1. The minimum atomic E-state index is -0.468. The average molecular weight is 351 g/mol. The molecule has 2 aromatic carbocycles. The van der Waals surface area contributed by atoms with Crippen molar-refractivity contribution in [2.45, 2.75) is 57.7 Å². The first-order chi connectivity index (χ1) is 12.2. The summed E-state index contributed by atoms with van der Waals surface area (Å²) in [6.07, 6.45) is 0.885. The minimum absolute atomic E-state index is 0.0226. The highest BCUT2D eigenvalue weighted by Crippen LogP contribution is 2.44. The van der Waals surface area contributed by atoms with E-state index in [0.717, 1.165) is 6.42 Å². The quantitative estimate of drug-likeness (QED) is 0.895. The van der Waals surface area contributed by atoms with Crippen LogP contribution in [0.1, 0.15) is 50.0 Å². The molecule has 0 aromatic heterocycles. The van der Waals surface area contributed by atoms with Crippen molar-refractivity contribution >= 4 is 5.91 Å². The largest absolute Gasteiger partial charge is 0.393 e. The monoisotopic (exact) mass is 351 g/mol. The van der Waals surface area contributed by atoms with Gasteiger partial charge in [0.05, 0.1) is 6.10 Å². The van der Waals surface area contributed by atoms with Gasteiger partial charge in [0.1, 0.15) is 0 Å². The van der Waals surface area contributed by atoms with Gasteiger partial charge in [0.15, 0.2) is 0 Å². The number of carbonyl (C=O) groups is 1. The molecular weight excluding hydrogens is 322 g/mol. The lowest BCUT2D eigenvalue weighted by molar-refractivity contribution is -0.102. The molecule has 3 heteroatoms. The van der Waals surface area contributed by atoms with Crippen LogP contribution in [0.2, 0.25) is 0 Å². The van der Waals surface area contributed by atoms with Gasteiger partial charge in [0.2, 0.25) is 0 Å². The highest BCUT2D eigenvalue weighted by molar-refractivity contribution is 5.95. The predicted molar refractivity (Wildman–Crippen MR) is 105 cm³/mol. The van der Waals surface area contributed by atoms with Crippen LogP contribution in [0.15, 0.2) is 60.7 Å². The van der Waals surface area contributed by atoms with E-state index in [4.69, 9.17) is 0 Å². The van der Waals surface area contributed by atoms with Crippen LogP contribution in [-0.4, -0.2) is 33.1 Å². The molecular formula is C23H29NO2. The number of hydrogen-bond acceptors (Lipinski definition) is 2. The molecule has 26 heavy (non-hydrogen) atoms. The van der Waals surface area contributed by atoms with E-state index >= 15 is 0 Å².